The van der Waals surface area contributed by atoms with E-state index in [1.165, 1.54) is 0 Å². The van der Waals surface area contributed by atoms with Crippen LogP contribution in [0.1, 0.15) is 45.6 Å². The molecule has 0 saturated carbocycles. The molecule has 0 atom stereocenters. The molecule has 0 spiro atoms. The standard InChI is InChI=1S/C21H32N2O4/c1-21(2,3)27-19(24)11-7-8-12-22-13-15-23(16-14-22)20(25)26-17-18-9-5-4-6-10-18/h4-6,9-10H,7-8,11-17H2,1-3H3. The van der Waals surface area contributed by atoms with Crippen LogP contribution in [-0.4, -0.2) is 60.2 Å². The van der Waals surface area contributed by atoms with Gasteiger partial charge < -0.3 is 14.4 Å². The number of hydrogen-bond acceptors (Lipinski definition) is 5. The van der Waals surface area contributed by atoms with E-state index in [0.717, 1.165) is 38.0 Å². The van der Waals surface area contributed by atoms with Crippen molar-refractivity contribution in [2.75, 3.05) is 32.7 Å². The second-order valence-corrected chi connectivity index (χ2v) is 7.91. The zero-order valence-corrected chi connectivity index (χ0v) is 16.8. The third kappa shape index (κ3) is 8.43. The molecule has 1 saturated heterocycles. The van der Waals surface area contributed by atoms with Crippen LogP contribution in [0.5, 0.6) is 0 Å². The van der Waals surface area contributed by atoms with E-state index in [0.29, 0.717) is 26.1 Å². The summed E-state index contributed by atoms with van der Waals surface area (Å²) in [5.74, 6) is -0.131. The Balaban J connectivity index is 1.57. The van der Waals surface area contributed by atoms with Crippen LogP contribution in [0.25, 0.3) is 0 Å². The lowest BCUT2D eigenvalue weighted by molar-refractivity contribution is -0.154. The van der Waals surface area contributed by atoms with Gasteiger partial charge in [-0.3, -0.25) is 9.69 Å². The number of nitrogens with zero attached hydrogens (tertiary/aromatic N) is 2. The van der Waals surface area contributed by atoms with Gasteiger partial charge in [0, 0.05) is 32.6 Å². The molecule has 0 bridgehead atoms. The summed E-state index contributed by atoms with van der Waals surface area (Å²) in [5, 5.41) is 0. The molecule has 1 heterocycles. The second kappa shape index (κ2) is 10.3. The highest BCUT2D eigenvalue weighted by Gasteiger charge is 2.22. The Kier molecular flexibility index (Phi) is 8.10. The minimum Gasteiger partial charge on any atom is -0.460 e. The third-order valence-electron chi connectivity index (χ3n) is 4.36. The van der Waals surface area contributed by atoms with Crippen molar-refractivity contribution < 1.29 is 19.1 Å². The van der Waals surface area contributed by atoms with Gasteiger partial charge in [-0.15, -0.1) is 0 Å². The van der Waals surface area contributed by atoms with Crippen molar-refractivity contribution in [3.05, 3.63) is 35.9 Å². The van der Waals surface area contributed by atoms with Gasteiger partial charge in [0.1, 0.15) is 12.2 Å². The lowest BCUT2D eigenvalue weighted by Gasteiger charge is -2.34. The number of esters is 1. The Morgan fingerprint density at radius 1 is 1.00 bits per heavy atom. The maximum Gasteiger partial charge on any atom is 0.410 e. The largest absolute Gasteiger partial charge is 0.460 e. The molecule has 2 rings (SSSR count). The molecule has 0 aliphatic carbocycles. The molecule has 1 fully saturated rings. The summed E-state index contributed by atoms with van der Waals surface area (Å²) in [5.41, 5.74) is 0.581. The number of piperazine rings is 1. The van der Waals surface area contributed by atoms with Gasteiger partial charge in [-0.2, -0.15) is 0 Å². The number of carbonyl (C=O) groups excluding carboxylic acids is 2. The number of unbranched alkanes of at least 4 members (excludes halogenated alkanes) is 1. The first-order chi connectivity index (χ1) is 12.8. The normalized spacial score (nSPS) is 15.4. The quantitative estimate of drug-likeness (QED) is 0.539. The van der Waals surface area contributed by atoms with E-state index in [4.69, 9.17) is 9.47 Å². The number of benzene rings is 1. The highest BCUT2D eigenvalue weighted by Crippen LogP contribution is 2.11. The molecule has 150 valence electrons. The molecule has 1 aromatic carbocycles. The molecule has 1 aliphatic rings. The van der Waals surface area contributed by atoms with Crippen LogP contribution >= 0.6 is 0 Å². The summed E-state index contributed by atoms with van der Waals surface area (Å²) in [6.07, 6.45) is 2.00. The molecular weight excluding hydrogens is 344 g/mol. The van der Waals surface area contributed by atoms with Crippen molar-refractivity contribution >= 4 is 12.1 Å². The van der Waals surface area contributed by atoms with Crippen LogP contribution < -0.4 is 0 Å². The first kappa shape index (κ1) is 21.2. The Morgan fingerprint density at radius 2 is 1.67 bits per heavy atom. The first-order valence-corrected chi connectivity index (χ1v) is 9.73. The van der Waals surface area contributed by atoms with Gasteiger partial charge in [-0.1, -0.05) is 30.3 Å². The zero-order chi connectivity index (χ0) is 19.7. The molecular formula is C21H32N2O4. The third-order valence-corrected chi connectivity index (χ3v) is 4.36. The van der Waals surface area contributed by atoms with Gasteiger partial charge in [0.15, 0.2) is 0 Å². The fraction of sp³-hybridized carbons (Fsp3) is 0.619. The molecule has 0 aromatic heterocycles. The van der Waals surface area contributed by atoms with Crippen LogP contribution in [0.4, 0.5) is 4.79 Å². The molecule has 1 aromatic rings. The first-order valence-electron chi connectivity index (χ1n) is 9.73. The Labute approximate surface area is 162 Å². The van der Waals surface area contributed by atoms with E-state index in [2.05, 4.69) is 4.90 Å². The van der Waals surface area contributed by atoms with Crippen molar-refractivity contribution in [2.24, 2.45) is 0 Å². The Hall–Kier alpha value is -2.08. The Bertz CT molecular complexity index is 590. The molecule has 1 amide bonds. The maximum absolute atomic E-state index is 12.2. The summed E-state index contributed by atoms with van der Waals surface area (Å²) in [6.45, 7) is 9.94. The van der Waals surface area contributed by atoms with Crippen LogP contribution in [-0.2, 0) is 20.9 Å². The van der Waals surface area contributed by atoms with E-state index in [1.807, 2.05) is 51.1 Å². The minimum absolute atomic E-state index is 0.131. The average molecular weight is 376 g/mol. The van der Waals surface area contributed by atoms with Crippen LogP contribution in [0.2, 0.25) is 0 Å². The Morgan fingerprint density at radius 3 is 2.30 bits per heavy atom. The summed E-state index contributed by atoms with van der Waals surface area (Å²) in [6, 6.07) is 9.71. The molecule has 6 nitrogen and oxygen atoms in total. The van der Waals surface area contributed by atoms with E-state index >= 15 is 0 Å². The number of carbonyl (C=O) groups is 2. The highest BCUT2D eigenvalue weighted by atomic mass is 16.6. The van der Waals surface area contributed by atoms with Gasteiger partial charge in [0.25, 0.3) is 0 Å². The number of rotatable bonds is 7. The monoisotopic (exact) mass is 376 g/mol. The minimum atomic E-state index is -0.414. The smallest absolute Gasteiger partial charge is 0.410 e. The second-order valence-electron chi connectivity index (χ2n) is 7.91. The van der Waals surface area contributed by atoms with Gasteiger partial charge in [0.05, 0.1) is 0 Å². The number of amides is 1. The fourth-order valence-corrected chi connectivity index (χ4v) is 2.96. The van der Waals surface area contributed by atoms with E-state index in [1.54, 1.807) is 4.90 Å². The van der Waals surface area contributed by atoms with E-state index < -0.39 is 5.60 Å². The number of hydrogen-bond donors (Lipinski definition) is 0. The van der Waals surface area contributed by atoms with Crippen LogP contribution in [0.15, 0.2) is 30.3 Å². The maximum atomic E-state index is 12.2. The van der Waals surface area contributed by atoms with E-state index in [-0.39, 0.29) is 12.1 Å². The molecule has 0 unspecified atom stereocenters. The fourth-order valence-electron chi connectivity index (χ4n) is 2.96. The molecule has 27 heavy (non-hydrogen) atoms. The van der Waals surface area contributed by atoms with Crippen molar-refractivity contribution in [3.63, 3.8) is 0 Å². The van der Waals surface area contributed by atoms with Gasteiger partial charge in [-0.25, -0.2) is 4.79 Å². The summed E-state index contributed by atoms with van der Waals surface area (Å²) >= 11 is 0. The van der Waals surface area contributed by atoms with Crippen LogP contribution in [0.3, 0.4) is 0 Å². The summed E-state index contributed by atoms with van der Waals surface area (Å²) in [7, 11) is 0. The van der Waals surface area contributed by atoms with Gasteiger partial charge >= 0.3 is 12.1 Å². The van der Waals surface area contributed by atoms with E-state index in [9.17, 15) is 9.59 Å². The lowest BCUT2D eigenvalue weighted by atomic mass is 10.2. The molecule has 6 heteroatoms. The lowest BCUT2D eigenvalue weighted by Crippen LogP contribution is -2.48. The average Bonchev–Trinajstić information content (AvgIpc) is 2.63. The predicted octanol–water partition coefficient (Wildman–Crippen LogP) is 3.45. The van der Waals surface area contributed by atoms with Gasteiger partial charge in [0.2, 0.25) is 0 Å². The summed E-state index contributed by atoms with van der Waals surface area (Å²) < 4.78 is 10.7. The summed E-state index contributed by atoms with van der Waals surface area (Å²) in [4.78, 5) is 28.0. The topological polar surface area (TPSA) is 59.1 Å². The van der Waals surface area contributed by atoms with Crippen molar-refractivity contribution in [1.29, 1.82) is 0 Å². The molecule has 0 N–H and O–H groups in total. The number of ether oxygens (including phenoxy) is 2. The predicted molar refractivity (Wildman–Crippen MR) is 104 cm³/mol. The molecule has 1 aliphatic heterocycles. The zero-order valence-electron chi connectivity index (χ0n) is 16.8. The van der Waals surface area contributed by atoms with Crippen molar-refractivity contribution in [3.8, 4) is 0 Å². The highest BCUT2D eigenvalue weighted by molar-refractivity contribution is 5.69. The van der Waals surface area contributed by atoms with Crippen molar-refractivity contribution in [1.82, 2.24) is 9.80 Å². The van der Waals surface area contributed by atoms with Gasteiger partial charge in [-0.05, 0) is 45.7 Å². The molecule has 0 radical (unpaired) electrons. The van der Waals surface area contributed by atoms with Crippen LogP contribution in [0, 0.1) is 0 Å². The van der Waals surface area contributed by atoms with Crippen molar-refractivity contribution in [2.45, 2.75) is 52.2 Å². The SMILES string of the molecule is CC(C)(C)OC(=O)CCCCN1CCN(C(=O)OCc2ccccc2)CC1.